The van der Waals surface area contributed by atoms with Crippen molar-refractivity contribution in [1.82, 2.24) is 5.32 Å². The molecule has 0 amide bonds. The summed E-state index contributed by atoms with van der Waals surface area (Å²) in [5.74, 6) is 2.76. The molecule has 6 aliphatic carbocycles. The van der Waals surface area contributed by atoms with Crippen molar-refractivity contribution in [2.45, 2.75) is 77.3 Å². The molecule has 0 fully saturated rings. The van der Waals surface area contributed by atoms with Crippen LogP contribution in [0.1, 0.15) is 93.1 Å². The SMILES string of the molecule is C=C/C=C(/NC(N=C(C)C1CC=CC(C2C=CC(C3CC=CC=C3C3=CC=CCC3)CC2)C1)c1ccc(-c2ccccc2)cc1)c1ccc2c(c1)CC1=C2C=CCC1. The molecule has 6 unspecified atom stereocenters. The van der Waals surface area contributed by atoms with Gasteiger partial charge in [0.1, 0.15) is 6.17 Å². The van der Waals surface area contributed by atoms with Crippen LogP contribution in [0.15, 0.2) is 186 Å². The zero-order valence-corrected chi connectivity index (χ0v) is 34.2. The molecule has 0 aromatic heterocycles. The van der Waals surface area contributed by atoms with Gasteiger partial charge in [-0.3, -0.25) is 4.99 Å². The minimum Gasteiger partial charge on any atom is -0.360 e. The van der Waals surface area contributed by atoms with Crippen LogP contribution < -0.4 is 5.32 Å². The van der Waals surface area contributed by atoms with Gasteiger partial charge in [-0.2, -0.15) is 0 Å². The van der Waals surface area contributed by atoms with Crippen LogP contribution in [0.2, 0.25) is 0 Å². The maximum absolute atomic E-state index is 5.60. The van der Waals surface area contributed by atoms with Crippen LogP contribution in [0.4, 0.5) is 0 Å². The van der Waals surface area contributed by atoms with Crippen LogP contribution >= 0.6 is 0 Å². The second kappa shape index (κ2) is 17.6. The highest BCUT2D eigenvalue weighted by molar-refractivity contribution is 5.86. The molecule has 6 atom stereocenters. The summed E-state index contributed by atoms with van der Waals surface area (Å²) in [6.45, 7) is 6.41. The fourth-order valence-electron chi connectivity index (χ4n) is 10.4. The summed E-state index contributed by atoms with van der Waals surface area (Å²) in [6, 6.07) is 26.6. The lowest BCUT2D eigenvalue weighted by atomic mass is 9.69. The molecule has 0 heterocycles. The van der Waals surface area contributed by atoms with Gasteiger partial charge in [0.25, 0.3) is 0 Å². The van der Waals surface area contributed by atoms with Gasteiger partial charge in [0, 0.05) is 17.3 Å². The van der Waals surface area contributed by atoms with Gasteiger partial charge in [0.15, 0.2) is 0 Å². The summed E-state index contributed by atoms with van der Waals surface area (Å²) in [4.78, 5) is 5.60. The molecule has 3 aromatic rings. The van der Waals surface area contributed by atoms with Crippen LogP contribution in [-0.4, -0.2) is 5.71 Å². The van der Waals surface area contributed by atoms with Crippen LogP contribution in [0.5, 0.6) is 0 Å². The lowest BCUT2D eigenvalue weighted by molar-refractivity contribution is 0.308. The fourth-order valence-corrected chi connectivity index (χ4v) is 10.4. The van der Waals surface area contributed by atoms with Crippen molar-refractivity contribution < 1.29 is 0 Å². The van der Waals surface area contributed by atoms with E-state index in [9.17, 15) is 0 Å². The quantitative estimate of drug-likeness (QED) is 0.118. The molecule has 0 saturated carbocycles. The van der Waals surface area contributed by atoms with Crippen molar-refractivity contribution in [3.63, 3.8) is 0 Å². The van der Waals surface area contributed by atoms with Crippen LogP contribution in [0, 0.1) is 29.6 Å². The Kier molecular flexibility index (Phi) is 11.5. The van der Waals surface area contributed by atoms with Gasteiger partial charge in [0.05, 0.1) is 0 Å². The molecular formula is C56H58N2. The summed E-state index contributed by atoms with van der Waals surface area (Å²) in [6.07, 6.45) is 44.1. The first-order valence-corrected chi connectivity index (χ1v) is 22.0. The lowest BCUT2D eigenvalue weighted by Crippen LogP contribution is -2.27. The van der Waals surface area contributed by atoms with Gasteiger partial charge in [-0.15, -0.1) is 0 Å². The highest BCUT2D eigenvalue weighted by atomic mass is 15.1. The van der Waals surface area contributed by atoms with Gasteiger partial charge in [-0.25, -0.2) is 0 Å². The first-order chi connectivity index (χ1) is 28.6. The average Bonchev–Trinajstić information content (AvgIpc) is 3.67. The van der Waals surface area contributed by atoms with Gasteiger partial charge in [-0.1, -0.05) is 158 Å². The van der Waals surface area contributed by atoms with Gasteiger partial charge < -0.3 is 5.32 Å². The number of aliphatic imine (C=N–C) groups is 1. The third-order valence-corrected chi connectivity index (χ3v) is 13.7. The monoisotopic (exact) mass is 758 g/mol. The molecule has 0 aliphatic heterocycles. The first-order valence-electron chi connectivity index (χ1n) is 22.0. The molecule has 2 nitrogen and oxygen atoms in total. The molecule has 3 aromatic carbocycles. The van der Waals surface area contributed by atoms with E-state index in [1.807, 2.05) is 6.08 Å². The lowest BCUT2D eigenvalue weighted by Gasteiger charge is -2.36. The van der Waals surface area contributed by atoms with Crippen LogP contribution in [0.25, 0.3) is 22.4 Å². The van der Waals surface area contributed by atoms with Crippen molar-refractivity contribution in [3.8, 4) is 11.1 Å². The molecular weight excluding hydrogens is 701 g/mol. The van der Waals surface area contributed by atoms with E-state index in [0.29, 0.717) is 29.6 Å². The fraction of sp³-hybridized carbons (Fsp3) is 0.304. The third-order valence-electron chi connectivity index (χ3n) is 13.7. The van der Waals surface area contributed by atoms with E-state index < -0.39 is 0 Å². The van der Waals surface area contributed by atoms with E-state index in [4.69, 9.17) is 4.99 Å². The highest BCUT2D eigenvalue weighted by Gasteiger charge is 2.32. The smallest absolute Gasteiger partial charge is 0.144 e. The summed E-state index contributed by atoms with van der Waals surface area (Å²) < 4.78 is 0. The number of hydrogen-bond acceptors (Lipinski definition) is 2. The first kappa shape index (κ1) is 38.1. The maximum Gasteiger partial charge on any atom is 0.144 e. The number of fused-ring (bicyclic) bond motifs is 2. The molecule has 58 heavy (non-hydrogen) atoms. The zero-order valence-electron chi connectivity index (χ0n) is 34.2. The number of nitrogens with one attached hydrogen (secondary N) is 1. The Hall–Kier alpha value is -5.47. The molecule has 0 saturated heterocycles. The van der Waals surface area contributed by atoms with E-state index >= 15 is 0 Å². The predicted octanol–water partition coefficient (Wildman–Crippen LogP) is 14.2. The Balaban J connectivity index is 0.943. The molecule has 6 aliphatic rings. The molecule has 9 rings (SSSR count). The Labute approximate surface area is 347 Å². The predicted molar refractivity (Wildman–Crippen MR) is 247 cm³/mol. The number of nitrogens with zero attached hydrogens (tertiary/aromatic N) is 1. The topological polar surface area (TPSA) is 24.4 Å². The molecule has 0 radical (unpaired) electrons. The molecule has 0 bridgehead atoms. The number of allylic oxidation sites excluding steroid dienone is 18. The van der Waals surface area contributed by atoms with Crippen molar-refractivity contribution >= 4 is 17.0 Å². The summed E-state index contributed by atoms with van der Waals surface area (Å²) in [5, 5.41) is 3.94. The summed E-state index contributed by atoms with van der Waals surface area (Å²) in [7, 11) is 0. The molecule has 292 valence electrons. The second-order valence-electron chi connectivity index (χ2n) is 17.2. The highest BCUT2D eigenvalue weighted by Crippen LogP contribution is 2.44. The summed E-state index contributed by atoms with van der Waals surface area (Å²) in [5.41, 5.74) is 16.0. The van der Waals surface area contributed by atoms with E-state index in [-0.39, 0.29) is 6.17 Å². The van der Waals surface area contributed by atoms with Gasteiger partial charge in [0.2, 0.25) is 0 Å². The second-order valence-corrected chi connectivity index (χ2v) is 17.2. The Morgan fingerprint density at radius 3 is 2.41 bits per heavy atom. The van der Waals surface area contributed by atoms with Crippen molar-refractivity contribution in [3.05, 3.63) is 203 Å². The number of benzene rings is 3. The minimum atomic E-state index is -0.236. The van der Waals surface area contributed by atoms with Crippen molar-refractivity contribution in [2.24, 2.45) is 34.6 Å². The van der Waals surface area contributed by atoms with Gasteiger partial charge >= 0.3 is 0 Å². The van der Waals surface area contributed by atoms with E-state index in [1.165, 1.54) is 64.8 Å². The molecule has 1 N–H and O–H groups in total. The van der Waals surface area contributed by atoms with Gasteiger partial charge in [-0.05, 0) is 157 Å². The maximum atomic E-state index is 5.60. The Bertz CT molecular complexity index is 2310. The molecule has 2 heteroatoms. The van der Waals surface area contributed by atoms with E-state index in [2.05, 4.69) is 171 Å². The number of rotatable bonds is 11. The van der Waals surface area contributed by atoms with E-state index in [1.54, 1.807) is 16.7 Å². The van der Waals surface area contributed by atoms with E-state index in [0.717, 1.165) is 49.8 Å². The third kappa shape index (κ3) is 8.26. The normalized spacial score (nSPS) is 25.8. The van der Waals surface area contributed by atoms with Crippen LogP contribution in [0.3, 0.4) is 0 Å². The molecule has 0 spiro atoms. The average molecular weight is 759 g/mol. The largest absolute Gasteiger partial charge is 0.360 e. The standard InChI is InChI=1S/C56H58N2/c1-3-15-55(49-34-35-54-50(38-49)37-48-20-10-11-25-53(48)54)58-56(45-32-28-41(29-33-45)40-16-6-4-7-17-40)57-39(2)46-21-14-22-47(36-46)42-26-30-44(31-27-42)52-24-13-12-23-51(52)43-18-8-5-9-19-43/h3-8,11-18,22-23,25-26,28-30,32-35,38,42,44,46-47,52,56,58H,1,9-10,19-21,24,27,31,36-37H2,2H3/b55-15+,57-39?. The van der Waals surface area contributed by atoms with Crippen LogP contribution in [-0.2, 0) is 6.42 Å². The minimum absolute atomic E-state index is 0.236. The van der Waals surface area contributed by atoms with Crippen molar-refractivity contribution in [1.29, 1.82) is 0 Å². The van der Waals surface area contributed by atoms with Crippen molar-refractivity contribution in [2.75, 3.05) is 0 Å². The zero-order chi connectivity index (χ0) is 39.3. The number of hydrogen-bond donors (Lipinski definition) is 1. The Morgan fingerprint density at radius 2 is 1.60 bits per heavy atom. The Morgan fingerprint density at radius 1 is 0.793 bits per heavy atom. The summed E-state index contributed by atoms with van der Waals surface area (Å²) >= 11 is 0.